The van der Waals surface area contributed by atoms with Gasteiger partial charge in [0.1, 0.15) is 18.0 Å². The smallest absolute Gasteiger partial charge is 0.256 e. The van der Waals surface area contributed by atoms with E-state index in [1.54, 1.807) is 0 Å². The highest BCUT2D eigenvalue weighted by Gasteiger charge is 2.33. The first kappa shape index (κ1) is 22.7. The number of carbonyl (C=O) groups excluding carboxylic acids is 1. The molecule has 1 aliphatic rings. The molecule has 0 bridgehead atoms. The summed E-state index contributed by atoms with van der Waals surface area (Å²) in [5, 5.41) is 2.99. The fourth-order valence-corrected chi connectivity index (χ4v) is 3.11. The van der Waals surface area contributed by atoms with Gasteiger partial charge in [-0.15, -0.1) is 0 Å². The lowest BCUT2D eigenvalue weighted by atomic mass is 9.97. The van der Waals surface area contributed by atoms with Crippen LogP contribution in [0, 0.1) is 0 Å². The minimum Gasteiger partial charge on any atom is -0.492 e. The Bertz CT molecular complexity index is 562. The molecular weight excluding hydrogens is 356 g/mol. The largest absolute Gasteiger partial charge is 0.492 e. The molecule has 1 saturated heterocycles. The van der Waals surface area contributed by atoms with Crippen molar-refractivity contribution in [3.63, 3.8) is 0 Å². The van der Waals surface area contributed by atoms with Crippen molar-refractivity contribution in [1.29, 1.82) is 0 Å². The van der Waals surface area contributed by atoms with Crippen molar-refractivity contribution in [1.82, 2.24) is 4.90 Å². The lowest BCUT2D eigenvalue weighted by molar-refractivity contribution is -0.140. The molecule has 6 nitrogen and oxygen atoms in total. The van der Waals surface area contributed by atoms with Gasteiger partial charge in [-0.05, 0) is 44.0 Å². The molecule has 0 saturated carbocycles. The summed E-state index contributed by atoms with van der Waals surface area (Å²) in [5.41, 5.74) is -0.0346. The standard InChI is InChI=1S/C22H36N2O4/c1-4-6-11-22(3,28-15-5-2)21(25)23-19-7-9-20(10-8-19)27-18-14-24-12-16-26-17-13-24/h7-10H,4-6,11-18H2,1-3H3,(H,23,25)/t22-/m0/s1. The number of hydrogen-bond donors (Lipinski definition) is 1. The fourth-order valence-electron chi connectivity index (χ4n) is 3.11. The number of unbranched alkanes of at least 4 members (excludes halogenated alkanes) is 1. The maximum absolute atomic E-state index is 12.8. The lowest BCUT2D eigenvalue weighted by Crippen LogP contribution is -2.43. The summed E-state index contributed by atoms with van der Waals surface area (Å²) in [7, 11) is 0. The van der Waals surface area contributed by atoms with Gasteiger partial charge in [0.15, 0.2) is 0 Å². The normalized spacial score (nSPS) is 17.1. The van der Waals surface area contributed by atoms with E-state index in [2.05, 4.69) is 24.1 Å². The van der Waals surface area contributed by atoms with Crippen LogP contribution in [0.15, 0.2) is 24.3 Å². The molecule has 0 aliphatic carbocycles. The van der Waals surface area contributed by atoms with Crippen LogP contribution in [0.5, 0.6) is 5.75 Å². The van der Waals surface area contributed by atoms with E-state index in [-0.39, 0.29) is 5.91 Å². The zero-order valence-corrected chi connectivity index (χ0v) is 17.7. The Morgan fingerprint density at radius 1 is 1.14 bits per heavy atom. The third-order valence-corrected chi connectivity index (χ3v) is 5.00. The first-order valence-electron chi connectivity index (χ1n) is 10.6. The minimum absolute atomic E-state index is 0.0876. The van der Waals surface area contributed by atoms with E-state index in [4.69, 9.17) is 14.2 Å². The SMILES string of the molecule is CCCC[C@](C)(OCCC)C(=O)Nc1ccc(OCCN2CCOCC2)cc1. The van der Waals surface area contributed by atoms with Crippen LogP contribution in [0.4, 0.5) is 5.69 Å². The molecule has 0 spiro atoms. The Kier molecular flexibility index (Phi) is 9.75. The van der Waals surface area contributed by atoms with Crippen LogP contribution in [-0.2, 0) is 14.3 Å². The van der Waals surface area contributed by atoms with Gasteiger partial charge in [-0.25, -0.2) is 0 Å². The van der Waals surface area contributed by atoms with Gasteiger partial charge in [0.2, 0.25) is 0 Å². The summed E-state index contributed by atoms with van der Waals surface area (Å²) in [6.07, 6.45) is 3.61. The second kappa shape index (κ2) is 12.0. The van der Waals surface area contributed by atoms with E-state index >= 15 is 0 Å². The molecule has 1 amide bonds. The van der Waals surface area contributed by atoms with Crippen LogP contribution in [0.1, 0.15) is 46.5 Å². The molecular formula is C22H36N2O4. The second-order valence-corrected chi connectivity index (χ2v) is 7.46. The van der Waals surface area contributed by atoms with Gasteiger partial charge in [0, 0.05) is 31.9 Å². The Hall–Kier alpha value is -1.63. The number of hydrogen-bond acceptors (Lipinski definition) is 5. The summed E-state index contributed by atoms with van der Waals surface area (Å²) >= 11 is 0. The highest BCUT2D eigenvalue weighted by molar-refractivity contribution is 5.97. The summed E-state index contributed by atoms with van der Waals surface area (Å²) < 4.78 is 17.1. The number of rotatable bonds is 12. The molecule has 6 heteroatoms. The summed E-state index contributed by atoms with van der Waals surface area (Å²) in [6, 6.07) is 7.54. The van der Waals surface area contributed by atoms with Crippen LogP contribution in [0.25, 0.3) is 0 Å². The summed E-state index contributed by atoms with van der Waals surface area (Å²) in [5.74, 6) is 0.720. The van der Waals surface area contributed by atoms with Gasteiger partial charge in [-0.2, -0.15) is 0 Å². The molecule has 1 N–H and O–H groups in total. The molecule has 0 aromatic heterocycles. The van der Waals surface area contributed by atoms with Crippen molar-refractivity contribution in [3.8, 4) is 5.75 Å². The Balaban J connectivity index is 1.82. The average molecular weight is 393 g/mol. The summed E-state index contributed by atoms with van der Waals surface area (Å²) in [4.78, 5) is 15.1. The van der Waals surface area contributed by atoms with Gasteiger partial charge >= 0.3 is 0 Å². The van der Waals surface area contributed by atoms with Crippen LogP contribution < -0.4 is 10.1 Å². The third-order valence-electron chi connectivity index (χ3n) is 5.00. The zero-order chi connectivity index (χ0) is 20.2. The molecule has 1 aliphatic heterocycles. The van der Waals surface area contributed by atoms with E-state index < -0.39 is 5.60 Å². The van der Waals surface area contributed by atoms with E-state index in [1.165, 1.54) is 0 Å². The van der Waals surface area contributed by atoms with Crippen molar-refractivity contribution in [3.05, 3.63) is 24.3 Å². The van der Waals surface area contributed by atoms with Crippen molar-refractivity contribution < 1.29 is 19.0 Å². The van der Waals surface area contributed by atoms with Crippen molar-refractivity contribution >= 4 is 11.6 Å². The van der Waals surface area contributed by atoms with Gasteiger partial charge in [-0.1, -0.05) is 26.7 Å². The van der Waals surface area contributed by atoms with Gasteiger partial charge in [-0.3, -0.25) is 9.69 Å². The topological polar surface area (TPSA) is 60.0 Å². The monoisotopic (exact) mass is 392 g/mol. The number of morpholine rings is 1. The Labute approximate surface area is 169 Å². The minimum atomic E-state index is -0.792. The van der Waals surface area contributed by atoms with Crippen molar-refractivity contribution in [2.45, 2.75) is 52.1 Å². The molecule has 158 valence electrons. The van der Waals surface area contributed by atoms with Crippen LogP contribution >= 0.6 is 0 Å². The Morgan fingerprint density at radius 2 is 1.86 bits per heavy atom. The highest BCUT2D eigenvalue weighted by atomic mass is 16.5. The van der Waals surface area contributed by atoms with Crippen LogP contribution in [0.2, 0.25) is 0 Å². The number of anilines is 1. The predicted molar refractivity (Wildman–Crippen MR) is 112 cm³/mol. The van der Waals surface area contributed by atoms with E-state index in [9.17, 15) is 4.79 Å². The first-order valence-corrected chi connectivity index (χ1v) is 10.6. The Morgan fingerprint density at radius 3 is 2.50 bits per heavy atom. The molecule has 1 aromatic carbocycles. The third kappa shape index (κ3) is 7.41. The molecule has 1 aromatic rings. The highest BCUT2D eigenvalue weighted by Crippen LogP contribution is 2.23. The van der Waals surface area contributed by atoms with E-state index in [0.29, 0.717) is 13.2 Å². The van der Waals surface area contributed by atoms with Crippen molar-refractivity contribution in [2.24, 2.45) is 0 Å². The quantitative estimate of drug-likeness (QED) is 0.588. The van der Waals surface area contributed by atoms with Gasteiger partial charge in [0.25, 0.3) is 5.91 Å². The molecule has 1 atom stereocenters. The van der Waals surface area contributed by atoms with Crippen LogP contribution in [-0.4, -0.2) is 62.5 Å². The van der Waals surface area contributed by atoms with E-state index in [1.807, 2.05) is 31.2 Å². The molecule has 1 heterocycles. The number of nitrogens with one attached hydrogen (secondary N) is 1. The molecule has 2 rings (SSSR count). The maximum Gasteiger partial charge on any atom is 0.256 e. The molecule has 1 fully saturated rings. The molecule has 0 unspecified atom stereocenters. The second-order valence-electron chi connectivity index (χ2n) is 7.46. The number of benzene rings is 1. The number of carbonyl (C=O) groups is 1. The van der Waals surface area contributed by atoms with Gasteiger partial charge in [0.05, 0.1) is 13.2 Å². The van der Waals surface area contributed by atoms with Gasteiger partial charge < -0.3 is 19.5 Å². The predicted octanol–water partition coefficient (Wildman–Crippen LogP) is 3.71. The zero-order valence-electron chi connectivity index (χ0n) is 17.7. The lowest BCUT2D eigenvalue weighted by Gasteiger charge is -2.28. The number of ether oxygens (including phenoxy) is 3. The fraction of sp³-hybridized carbons (Fsp3) is 0.682. The molecule has 28 heavy (non-hydrogen) atoms. The van der Waals surface area contributed by atoms with E-state index in [0.717, 1.165) is 70.0 Å². The van der Waals surface area contributed by atoms with Crippen LogP contribution in [0.3, 0.4) is 0 Å². The number of nitrogens with zero attached hydrogens (tertiary/aromatic N) is 1. The molecule has 0 radical (unpaired) electrons. The maximum atomic E-state index is 12.8. The average Bonchev–Trinajstić information content (AvgIpc) is 2.72. The van der Waals surface area contributed by atoms with Crippen molar-refractivity contribution in [2.75, 3.05) is 51.4 Å². The first-order chi connectivity index (χ1) is 13.6. The summed E-state index contributed by atoms with van der Waals surface area (Å²) in [6.45, 7) is 11.7. The number of amides is 1.